The van der Waals surface area contributed by atoms with Crippen LogP contribution in [0.4, 0.5) is 0 Å². The number of aliphatic imine (C=N–C) groups is 1. The van der Waals surface area contributed by atoms with Crippen LogP contribution < -0.4 is 17.2 Å². The maximum Gasteiger partial charge on any atom is 0.187 e. The van der Waals surface area contributed by atoms with Crippen molar-refractivity contribution in [1.82, 2.24) is 0 Å². The van der Waals surface area contributed by atoms with Crippen molar-refractivity contribution in [3.05, 3.63) is 0 Å². The predicted octanol–water partition coefficient (Wildman–Crippen LogP) is -1.01. The summed E-state index contributed by atoms with van der Waals surface area (Å²) < 4.78 is 0. The molecule has 0 saturated heterocycles. The largest absolute Gasteiger partial charge is 0.370 e. The summed E-state index contributed by atoms with van der Waals surface area (Å²) in [6.07, 6.45) is -0.287. The number of hydrogen-bond donors (Lipinski definition) is 3. The molecule has 6 N–H and O–H groups in total. The average molecular weight is 139 g/mol. The van der Waals surface area contributed by atoms with Crippen LogP contribution in [0.3, 0.4) is 0 Å². The summed E-state index contributed by atoms with van der Waals surface area (Å²) in [5.41, 5.74) is 15.0. The molecule has 50 valence electrons. The van der Waals surface area contributed by atoms with E-state index >= 15 is 0 Å². The second kappa shape index (κ2) is 4.67. The van der Waals surface area contributed by atoms with Gasteiger partial charge in [-0.15, -0.1) is 12.4 Å². The molecule has 1 atom stereocenters. The highest BCUT2D eigenvalue weighted by Crippen LogP contribution is 1.70. The molecule has 0 aliphatic rings. The lowest BCUT2D eigenvalue weighted by molar-refractivity contribution is 0.789. The minimum atomic E-state index is -0.287. The quantitative estimate of drug-likeness (QED) is 0.320. The van der Waals surface area contributed by atoms with E-state index in [0.29, 0.717) is 0 Å². The van der Waals surface area contributed by atoms with Gasteiger partial charge >= 0.3 is 0 Å². The molecule has 4 nitrogen and oxygen atoms in total. The molecule has 0 bridgehead atoms. The molecule has 1 unspecified atom stereocenters. The van der Waals surface area contributed by atoms with E-state index in [0.717, 1.165) is 0 Å². The van der Waals surface area contributed by atoms with Crippen molar-refractivity contribution in [1.29, 1.82) is 0 Å². The smallest absolute Gasteiger partial charge is 0.187 e. The van der Waals surface area contributed by atoms with E-state index in [4.69, 9.17) is 17.2 Å². The predicted molar refractivity (Wildman–Crippen MR) is 36.7 cm³/mol. The Bertz CT molecular complexity index is 75.4. The Morgan fingerprint density at radius 3 is 1.88 bits per heavy atom. The van der Waals surface area contributed by atoms with E-state index in [1.54, 1.807) is 6.92 Å². The van der Waals surface area contributed by atoms with E-state index in [9.17, 15) is 0 Å². The van der Waals surface area contributed by atoms with E-state index in [-0.39, 0.29) is 24.5 Å². The maximum atomic E-state index is 5.15. The van der Waals surface area contributed by atoms with Gasteiger partial charge in [-0.05, 0) is 6.92 Å². The number of halogens is 1. The molecule has 0 radical (unpaired) electrons. The first-order valence-corrected chi connectivity index (χ1v) is 1.97. The van der Waals surface area contributed by atoms with Gasteiger partial charge in [0, 0.05) is 0 Å². The molecular formula is C3H11ClN4. The van der Waals surface area contributed by atoms with Gasteiger partial charge in [-0.1, -0.05) is 0 Å². The molecule has 0 aromatic heterocycles. The van der Waals surface area contributed by atoms with Crippen LogP contribution in [0, 0.1) is 0 Å². The van der Waals surface area contributed by atoms with Crippen LogP contribution in [0.5, 0.6) is 0 Å². The second-order valence-corrected chi connectivity index (χ2v) is 1.29. The van der Waals surface area contributed by atoms with Gasteiger partial charge < -0.3 is 17.2 Å². The van der Waals surface area contributed by atoms with E-state index in [1.807, 2.05) is 0 Å². The molecule has 0 aromatic rings. The first-order chi connectivity index (χ1) is 3.13. The Morgan fingerprint density at radius 1 is 1.50 bits per heavy atom. The Kier molecular flexibility index (Phi) is 6.13. The van der Waals surface area contributed by atoms with Gasteiger partial charge in [-0.25, -0.2) is 4.99 Å². The SMILES string of the molecule is CC(N)N=C(N)N.Cl. The Hall–Kier alpha value is -0.480. The van der Waals surface area contributed by atoms with E-state index in [1.165, 1.54) is 0 Å². The monoisotopic (exact) mass is 138 g/mol. The van der Waals surface area contributed by atoms with Gasteiger partial charge in [0.05, 0.1) is 6.17 Å². The first-order valence-electron chi connectivity index (χ1n) is 1.97. The molecular weight excluding hydrogens is 128 g/mol. The summed E-state index contributed by atoms with van der Waals surface area (Å²) in [5.74, 6) is 0.0370. The third-order valence-corrected chi connectivity index (χ3v) is 0.353. The minimum Gasteiger partial charge on any atom is -0.370 e. The lowest BCUT2D eigenvalue weighted by atomic mass is 10.6. The van der Waals surface area contributed by atoms with Crippen LogP contribution in [-0.4, -0.2) is 12.1 Å². The van der Waals surface area contributed by atoms with Gasteiger partial charge in [0.1, 0.15) is 0 Å². The zero-order valence-electron chi connectivity index (χ0n) is 4.66. The molecule has 0 fully saturated rings. The van der Waals surface area contributed by atoms with Crippen LogP contribution in [-0.2, 0) is 0 Å². The standard InChI is InChI=1S/C3H10N4.ClH/c1-2(4)7-3(5)6;/h2H,4H2,1H3,(H4,5,6,7);1H. The van der Waals surface area contributed by atoms with Crippen LogP contribution in [0.2, 0.25) is 0 Å². The number of nitrogens with zero attached hydrogens (tertiary/aromatic N) is 1. The fourth-order valence-corrected chi connectivity index (χ4v) is 0.235. The highest BCUT2D eigenvalue weighted by molar-refractivity contribution is 5.85. The zero-order chi connectivity index (χ0) is 5.86. The molecule has 0 saturated carbocycles. The summed E-state index contributed by atoms with van der Waals surface area (Å²) in [4.78, 5) is 3.53. The van der Waals surface area contributed by atoms with Crippen molar-refractivity contribution in [2.75, 3.05) is 0 Å². The van der Waals surface area contributed by atoms with Crippen LogP contribution in [0.1, 0.15) is 6.92 Å². The fourth-order valence-electron chi connectivity index (χ4n) is 0.235. The summed E-state index contributed by atoms with van der Waals surface area (Å²) in [5, 5.41) is 0. The Labute approximate surface area is 54.5 Å². The summed E-state index contributed by atoms with van der Waals surface area (Å²) in [7, 11) is 0. The van der Waals surface area contributed by atoms with Crippen LogP contribution in [0.15, 0.2) is 4.99 Å². The lowest BCUT2D eigenvalue weighted by Crippen LogP contribution is -2.27. The molecule has 0 spiro atoms. The third kappa shape index (κ3) is 9.10. The van der Waals surface area contributed by atoms with Crippen molar-refractivity contribution >= 4 is 18.4 Å². The zero-order valence-corrected chi connectivity index (χ0v) is 5.48. The molecule has 0 heterocycles. The number of guanidine groups is 1. The highest BCUT2D eigenvalue weighted by atomic mass is 35.5. The molecule has 0 aliphatic heterocycles. The van der Waals surface area contributed by atoms with E-state index < -0.39 is 0 Å². The lowest BCUT2D eigenvalue weighted by Gasteiger charge is -1.94. The average Bonchev–Trinajstić information content (AvgIpc) is 1.27. The Balaban J connectivity index is 0. The fraction of sp³-hybridized carbons (Fsp3) is 0.667. The number of rotatable bonds is 1. The van der Waals surface area contributed by atoms with Crippen molar-refractivity contribution in [3.63, 3.8) is 0 Å². The number of hydrogen-bond acceptors (Lipinski definition) is 2. The maximum absolute atomic E-state index is 5.15. The van der Waals surface area contributed by atoms with Crippen molar-refractivity contribution < 1.29 is 0 Å². The van der Waals surface area contributed by atoms with Crippen LogP contribution in [0.25, 0.3) is 0 Å². The minimum absolute atomic E-state index is 0. The second-order valence-electron chi connectivity index (χ2n) is 1.29. The van der Waals surface area contributed by atoms with Gasteiger partial charge in [0.15, 0.2) is 5.96 Å². The van der Waals surface area contributed by atoms with Crippen molar-refractivity contribution in [2.45, 2.75) is 13.1 Å². The normalized spacial score (nSPS) is 11.2. The number of nitrogens with two attached hydrogens (primary N) is 3. The topological polar surface area (TPSA) is 90.4 Å². The molecule has 0 rings (SSSR count). The molecule has 0 aliphatic carbocycles. The van der Waals surface area contributed by atoms with Gasteiger partial charge in [-0.3, -0.25) is 0 Å². The summed E-state index contributed by atoms with van der Waals surface area (Å²) in [6, 6.07) is 0. The first kappa shape index (κ1) is 10.5. The highest BCUT2D eigenvalue weighted by Gasteiger charge is 1.83. The summed E-state index contributed by atoms with van der Waals surface area (Å²) in [6.45, 7) is 1.69. The summed E-state index contributed by atoms with van der Waals surface area (Å²) >= 11 is 0. The molecule has 0 aromatic carbocycles. The van der Waals surface area contributed by atoms with Crippen molar-refractivity contribution in [3.8, 4) is 0 Å². The van der Waals surface area contributed by atoms with E-state index in [2.05, 4.69) is 4.99 Å². The van der Waals surface area contributed by atoms with Crippen molar-refractivity contribution in [2.24, 2.45) is 22.2 Å². The molecule has 0 amide bonds. The van der Waals surface area contributed by atoms with Crippen LogP contribution >= 0.6 is 12.4 Å². The van der Waals surface area contributed by atoms with Gasteiger partial charge in [-0.2, -0.15) is 0 Å². The molecule has 8 heavy (non-hydrogen) atoms. The van der Waals surface area contributed by atoms with Gasteiger partial charge in [0.25, 0.3) is 0 Å². The molecule has 5 heteroatoms. The third-order valence-electron chi connectivity index (χ3n) is 0.353. The van der Waals surface area contributed by atoms with Gasteiger partial charge in [0.2, 0.25) is 0 Å². The Morgan fingerprint density at radius 2 is 1.88 bits per heavy atom.